The van der Waals surface area contributed by atoms with Crippen LogP contribution in [0.5, 0.6) is 11.5 Å². The van der Waals surface area contributed by atoms with Crippen LogP contribution in [0.25, 0.3) is 0 Å². The number of thioether (sulfide) groups is 4. The number of carbonyl (C=O) groups excluding carboxylic acids is 2. The van der Waals surface area contributed by atoms with Crippen LogP contribution in [0.2, 0.25) is 0 Å². The average molecular weight is 537 g/mol. The SMILES string of the molecule is CC(C)COC(=O)C(C#N)=C1Sc2c(O)c3c(c(O)c2S1)SC(=C(C#N)C(=O)OCC(C)C)S3. The number of nitrogens with zero attached hydrogens (tertiary/aromatic N) is 2. The number of rotatable bonds is 6. The van der Waals surface area contributed by atoms with Gasteiger partial charge < -0.3 is 19.7 Å². The fourth-order valence-corrected chi connectivity index (χ4v) is 7.79. The summed E-state index contributed by atoms with van der Waals surface area (Å²) in [6.07, 6.45) is 0. The van der Waals surface area contributed by atoms with Crippen molar-refractivity contribution < 1.29 is 29.3 Å². The Balaban J connectivity index is 1.93. The van der Waals surface area contributed by atoms with E-state index in [-0.39, 0.29) is 67.3 Å². The normalized spacial score (nSPS) is 13.9. The molecule has 178 valence electrons. The number of benzene rings is 1. The number of ether oxygens (including phenoxy) is 2. The number of esters is 2. The second-order valence-electron chi connectivity index (χ2n) is 7.96. The zero-order chi connectivity index (χ0) is 25.2. The molecule has 0 saturated heterocycles. The molecule has 0 spiro atoms. The molecule has 0 unspecified atom stereocenters. The molecule has 2 aliphatic heterocycles. The van der Waals surface area contributed by atoms with Crippen LogP contribution in [0, 0.1) is 34.5 Å². The van der Waals surface area contributed by atoms with Gasteiger partial charge in [-0.05, 0) is 11.8 Å². The predicted molar refractivity (Wildman–Crippen MR) is 130 cm³/mol. The molecule has 0 atom stereocenters. The number of hydrogen-bond donors (Lipinski definition) is 2. The Bertz CT molecular complexity index is 1070. The van der Waals surface area contributed by atoms with Crippen molar-refractivity contribution in [2.45, 2.75) is 47.3 Å². The molecule has 8 nitrogen and oxygen atoms in total. The van der Waals surface area contributed by atoms with Gasteiger partial charge in [-0.3, -0.25) is 0 Å². The molecule has 0 saturated carbocycles. The molecule has 34 heavy (non-hydrogen) atoms. The molecule has 0 bridgehead atoms. The monoisotopic (exact) mass is 536 g/mol. The molecule has 0 aromatic heterocycles. The number of phenolic OH excluding ortho intramolecular Hbond substituents is 2. The first-order valence-electron chi connectivity index (χ1n) is 10.0. The Kier molecular flexibility index (Phi) is 8.42. The topological polar surface area (TPSA) is 141 Å². The Morgan fingerprint density at radius 1 is 0.735 bits per heavy atom. The van der Waals surface area contributed by atoms with E-state index in [0.29, 0.717) is 8.47 Å². The second kappa shape index (κ2) is 10.9. The van der Waals surface area contributed by atoms with Gasteiger partial charge in [0.05, 0.1) is 41.3 Å². The Hall–Kier alpha value is -2.38. The van der Waals surface area contributed by atoms with Gasteiger partial charge in [0, 0.05) is 0 Å². The zero-order valence-electron chi connectivity index (χ0n) is 18.6. The highest BCUT2D eigenvalue weighted by atomic mass is 32.2. The van der Waals surface area contributed by atoms with Crippen LogP contribution in [-0.4, -0.2) is 35.4 Å². The van der Waals surface area contributed by atoms with Crippen molar-refractivity contribution in [2.24, 2.45) is 11.8 Å². The lowest BCUT2D eigenvalue weighted by molar-refractivity contribution is -0.140. The number of fused-ring (bicyclic) bond motifs is 2. The minimum absolute atomic E-state index is 0.100. The standard InChI is InChI=1S/C22H20N2O6S4/c1-9(2)7-29-19(27)11(5-23)21-31-15-13(25)17-18(14(26)16(15)32-21)34-22(33-17)12(6-24)20(28)30-8-10(3)4/h9-10,25-26H,7-8H2,1-4H3. The van der Waals surface area contributed by atoms with Gasteiger partial charge in [-0.25, -0.2) is 9.59 Å². The van der Waals surface area contributed by atoms with E-state index in [1.807, 2.05) is 39.8 Å². The summed E-state index contributed by atoms with van der Waals surface area (Å²) in [7, 11) is 0. The van der Waals surface area contributed by atoms with Crippen LogP contribution in [-0.2, 0) is 19.1 Å². The highest BCUT2D eigenvalue weighted by molar-refractivity contribution is 8.26. The molecule has 12 heteroatoms. The van der Waals surface area contributed by atoms with Crippen molar-refractivity contribution in [3.63, 3.8) is 0 Å². The first-order valence-corrected chi connectivity index (χ1v) is 13.3. The number of phenols is 2. The fraction of sp³-hybridized carbons (Fsp3) is 0.364. The van der Waals surface area contributed by atoms with Gasteiger partial charge in [0.2, 0.25) is 0 Å². The molecule has 0 radical (unpaired) electrons. The van der Waals surface area contributed by atoms with Crippen LogP contribution in [0.3, 0.4) is 0 Å². The van der Waals surface area contributed by atoms with Gasteiger partial charge >= 0.3 is 11.9 Å². The molecule has 2 N–H and O–H groups in total. The van der Waals surface area contributed by atoms with E-state index in [1.165, 1.54) is 0 Å². The quantitative estimate of drug-likeness (QED) is 0.209. The number of hydrogen-bond acceptors (Lipinski definition) is 12. The largest absolute Gasteiger partial charge is 0.505 e. The third kappa shape index (κ3) is 5.31. The lowest BCUT2D eigenvalue weighted by Gasteiger charge is -2.08. The Morgan fingerprint density at radius 2 is 1.03 bits per heavy atom. The van der Waals surface area contributed by atoms with Gasteiger partial charge in [-0.15, -0.1) is 0 Å². The second-order valence-corrected chi connectivity index (χ2v) is 12.6. The Labute approximate surface area is 213 Å². The number of aromatic hydroxyl groups is 2. The van der Waals surface area contributed by atoms with E-state index in [1.54, 1.807) is 0 Å². The molecule has 2 aliphatic rings. The van der Waals surface area contributed by atoms with E-state index in [0.717, 1.165) is 47.0 Å². The van der Waals surface area contributed by atoms with Crippen molar-refractivity contribution in [3.05, 3.63) is 19.6 Å². The lowest BCUT2D eigenvalue weighted by atomic mass is 10.2. The third-order valence-electron chi connectivity index (χ3n) is 4.19. The smallest absolute Gasteiger partial charge is 0.350 e. The molecular formula is C22H20N2O6S4. The molecule has 3 rings (SSSR count). The van der Waals surface area contributed by atoms with E-state index in [9.17, 15) is 30.3 Å². The average Bonchev–Trinajstić information content (AvgIpc) is 3.42. The third-order valence-corrected chi connectivity index (χ3v) is 9.41. The summed E-state index contributed by atoms with van der Waals surface area (Å²) in [5, 5.41) is 40.8. The lowest BCUT2D eigenvalue weighted by Crippen LogP contribution is -2.12. The summed E-state index contributed by atoms with van der Waals surface area (Å²) in [5.74, 6) is -1.66. The summed E-state index contributed by atoms with van der Waals surface area (Å²) in [6, 6.07) is 3.71. The highest BCUT2D eigenvalue weighted by Crippen LogP contribution is 2.67. The van der Waals surface area contributed by atoms with Crippen LogP contribution in [0.4, 0.5) is 0 Å². The van der Waals surface area contributed by atoms with Gasteiger partial charge in [0.1, 0.15) is 23.6 Å². The molecular weight excluding hydrogens is 517 g/mol. The predicted octanol–water partition coefficient (Wildman–Crippen LogP) is 5.36. The summed E-state index contributed by atoms with van der Waals surface area (Å²) >= 11 is 3.94. The summed E-state index contributed by atoms with van der Waals surface area (Å²) in [6.45, 7) is 7.82. The summed E-state index contributed by atoms with van der Waals surface area (Å²) in [4.78, 5) is 25.9. The molecule has 2 heterocycles. The first-order chi connectivity index (χ1) is 16.1. The van der Waals surface area contributed by atoms with Crippen molar-refractivity contribution in [1.29, 1.82) is 10.5 Å². The maximum atomic E-state index is 12.4. The van der Waals surface area contributed by atoms with Crippen molar-refractivity contribution in [3.8, 4) is 23.6 Å². The zero-order valence-corrected chi connectivity index (χ0v) is 21.9. The maximum absolute atomic E-state index is 12.4. The molecule has 0 fully saturated rings. The Morgan fingerprint density at radius 3 is 1.26 bits per heavy atom. The number of carbonyl (C=O) groups is 2. The van der Waals surface area contributed by atoms with E-state index < -0.39 is 11.9 Å². The van der Waals surface area contributed by atoms with E-state index in [2.05, 4.69) is 0 Å². The molecule has 0 amide bonds. The van der Waals surface area contributed by atoms with E-state index in [4.69, 9.17) is 9.47 Å². The van der Waals surface area contributed by atoms with Gasteiger partial charge in [-0.1, -0.05) is 74.7 Å². The molecule has 1 aromatic carbocycles. The highest BCUT2D eigenvalue weighted by Gasteiger charge is 2.38. The minimum atomic E-state index is -0.766. The molecule has 0 aliphatic carbocycles. The van der Waals surface area contributed by atoms with Gasteiger partial charge in [0.25, 0.3) is 0 Å². The van der Waals surface area contributed by atoms with Crippen LogP contribution in [0.15, 0.2) is 39.2 Å². The van der Waals surface area contributed by atoms with Crippen LogP contribution in [0.1, 0.15) is 27.7 Å². The minimum Gasteiger partial charge on any atom is -0.505 e. The van der Waals surface area contributed by atoms with Crippen LogP contribution < -0.4 is 0 Å². The van der Waals surface area contributed by atoms with E-state index >= 15 is 0 Å². The maximum Gasteiger partial charge on any atom is 0.350 e. The number of nitriles is 2. The van der Waals surface area contributed by atoms with Crippen molar-refractivity contribution >= 4 is 59.0 Å². The van der Waals surface area contributed by atoms with Crippen molar-refractivity contribution in [1.82, 2.24) is 0 Å². The van der Waals surface area contributed by atoms with Crippen LogP contribution >= 0.6 is 47.0 Å². The summed E-state index contributed by atoms with van der Waals surface area (Å²) < 4.78 is 10.9. The summed E-state index contributed by atoms with van der Waals surface area (Å²) in [5.41, 5.74) is -0.405. The first kappa shape index (κ1) is 26.2. The fourth-order valence-electron chi connectivity index (χ4n) is 2.61. The van der Waals surface area contributed by atoms with Gasteiger partial charge in [-0.2, -0.15) is 10.5 Å². The van der Waals surface area contributed by atoms with Crippen molar-refractivity contribution in [2.75, 3.05) is 13.2 Å². The molecule has 1 aromatic rings. The van der Waals surface area contributed by atoms with Gasteiger partial charge in [0.15, 0.2) is 11.1 Å².